The molecule has 1 N–H and O–H groups in total. The summed E-state index contributed by atoms with van der Waals surface area (Å²) >= 11 is 0. The summed E-state index contributed by atoms with van der Waals surface area (Å²) in [5.74, 6) is 0.154. The van der Waals surface area contributed by atoms with Gasteiger partial charge < -0.3 is 10.2 Å². The molecule has 1 aromatic carbocycles. The number of hydrogen-bond acceptors (Lipinski definition) is 5. The minimum atomic E-state index is -0.122. The number of benzene rings is 1. The Morgan fingerprint density at radius 2 is 2.03 bits per heavy atom. The minimum Gasteiger partial charge on any atom is -0.336 e. The van der Waals surface area contributed by atoms with Crippen molar-refractivity contribution in [2.75, 3.05) is 13.1 Å². The lowest BCUT2D eigenvalue weighted by Gasteiger charge is -2.32. The van der Waals surface area contributed by atoms with E-state index in [-0.39, 0.29) is 11.9 Å². The lowest BCUT2D eigenvalue weighted by atomic mass is 10.0. The van der Waals surface area contributed by atoms with Crippen LogP contribution in [-0.4, -0.2) is 54.3 Å². The summed E-state index contributed by atoms with van der Waals surface area (Å²) < 4.78 is 3.62. The molecule has 1 saturated heterocycles. The van der Waals surface area contributed by atoms with Crippen molar-refractivity contribution in [1.82, 2.24) is 34.6 Å². The fourth-order valence-corrected chi connectivity index (χ4v) is 4.10. The lowest BCUT2D eigenvalue weighted by molar-refractivity contribution is -0.135. The van der Waals surface area contributed by atoms with Crippen LogP contribution in [0.25, 0.3) is 28.0 Å². The Morgan fingerprint density at radius 1 is 1.16 bits per heavy atom. The standard InChI is InChI=1S/C23H25N7O/c1-15-10-17(4-5-18(15)13-29-9-8-24-16(2)23(29)31)22-21-6-7-25-30(21)14-20(27-22)19-11-26-28(3)12-19/h4-7,10-12,14,16,24H,8-9,13H2,1-3H3. The molecule has 158 valence electrons. The van der Waals surface area contributed by atoms with Crippen LogP contribution in [0.3, 0.4) is 0 Å². The molecule has 4 heterocycles. The smallest absolute Gasteiger partial charge is 0.239 e. The zero-order chi connectivity index (χ0) is 21.5. The number of nitrogens with one attached hydrogen (secondary N) is 1. The first-order valence-corrected chi connectivity index (χ1v) is 10.4. The molecule has 0 aliphatic carbocycles. The SMILES string of the molecule is Cc1cc(-c2nc(-c3cnn(C)c3)cn3nccc23)ccc1CN1CCNC(C)C1=O. The quantitative estimate of drug-likeness (QED) is 0.554. The molecule has 1 atom stereocenters. The number of carbonyl (C=O) groups excluding carboxylic acids is 1. The number of carbonyl (C=O) groups is 1. The molecule has 0 saturated carbocycles. The van der Waals surface area contributed by atoms with Crippen LogP contribution in [0.5, 0.6) is 0 Å². The topological polar surface area (TPSA) is 80.4 Å². The van der Waals surface area contributed by atoms with Crippen LogP contribution in [0.1, 0.15) is 18.1 Å². The van der Waals surface area contributed by atoms with E-state index in [2.05, 4.69) is 40.6 Å². The van der Waals surface area contributed by atoms with Gasteiger partial charge in [-0.25, -0.2) is 9.50 Å². The largest absolute Gasteiger partial charge is 0.336 e. The third-order valence-electron chi connectivity index (χ3n) is 5.88. The van der Waals surface area contributed by atoms with Crippen molar-refractivity contribution in [2.45, 2.75) is 26.4 Å². The highest BCUT2D eigenvalue weighted by molar-refractivity contribution is 5.82. The maximum Gasteiger partial charge on any atom is 0.239 e. The number of piperazine rings is 1. The molecule has 1 fully saturated rings. The molecular weight excluding hydrogens is 390 g/mol. The Balaban J connectivity index is 1.51. The zero-order valence-electron chi connectivity index (χ0n) is 17.9. The summed E-state index contributed by atoms with van der Waals surface area (Å²) in [6.45, 7) is 6.20. The predicted octanol–water partition coefficient (Wildman–Crippen LogP) is 2.43. The highest BCUT2D eigenvalue weighted by Crippen LogP contribution is 2.28. The fourth-order valence-electron chi connectivity index (χ4n) is 4.10. The number of aromatic nitrogens is 5. The van der Waals surface area contributed by atoms with Crippen LogP contribution in [0.15, 0.2) is 49.1 Å². The van der Waals surface area contributed by atoms with Crippen LogP contribution in [-0.2, 0) is 18.4 Å². The Kier molecular flexibility index (Phi) is 4.78. The van der Waals surface area contributed by atoms with Crippen molar-refractivity contribution >= 4 is 11.4 Å². The highest BCUT2D eigenvalue weighted by atomic mass is 16.2. The lowest BCUT2D eigenvalue weighted by Crippen LogP contribution is -2.53. The number of nitrogens with zero attached hydrogens (tertiary/aromatic N) is 6. The van der Waals surface area contributed by atoms with E-state index in [1.807, 2.05) is 41.8 Å². The molecule has 1 aliphatic heterocycles. The number of rotatable bonds is 4. The average molecular weight is 416 g/mol. The van der Waals surface area contributed by atoms with Gasteiger partial charge in [0.2, 0.25) is 5.91 Å². The Hall–Kier alpha value is -3.52. The normalized spacial score (nSPS) is 16.9. The molecule has 31 heavy (non-hydrogen) atoms. The Morgan fingerprint density at radius 3 is 2.81 bits per heavy atom. The van der Waals surface area contributed by atoms with E-state index in [1.54, 1.807) is 17.1 Å². The van der Waals surface area contributed by atoms with Crippen LogP contribution in [0.4, 0.5) is 0 Å². The summed E-state index contributed by atoms with van der Waals surface area (Å²) in [6.07, 6.45) is 7.46. The average Bonchev–Trinajstić information content (AvgIpc) is 3.41. The molecule has 0 bridgehead atoms. The molecule has 1 unspecified atom stereocenters. The van der Waals surface area contributed by atoms with Crippen LogP contribution >= 0.6 is 0 Å². The van der Waals surface area contributed by atoms with Gasteiger partial charge in [-0.3, -0.25) is 9.48 Å². The van der Waals surface area contributed by atoms with Crippen molar-refractivity contribution in [3.8, 4) is 22.5 Å². The summed E-state index contributed by atoms with van der Waals surface area (Å²) in [7, 11) is 1.89. The molecule has 5 rings (SSSR count). The molecule has 0 radical (unpaired) electrons. The van der Waals surface area contributed by atoms with E-state index in [9.17, 15) is 4.79 Å². The second-order valence-electron chi connectivity index (χ2n) is 8.12. The van der Waals surface area contributed by atoms with Crippen LogP contribution in [0.2, 0.25) is 0 Å². The summed E-state index contributed by atoms with van der Waals surface area (Å²) in [4.78, 5) is 19.3. The van der Waals surface area contributed by atoms with Gasteiger partial charge in [0.05, 0.1) is 41.5 Å². The van der Waals surface area contributed by atoms with Gasteiger partial charge in [-0.1, -0.05) is 12.1 Å². The molecular formula is C23H25N7O. The molecule has 8 heteroatoms. The molecule has 4 aromatic rings. The molecule has 1 amide bonds. The van der Waals surface area contributed by atoms with Crippen molar-refractivity contribution in [2.24, 2.45) is 7.05 Å². The molecule has 8 nitrogen and oxygen atoms in total. The minimum absolute atomic E-state index is 0.122. The summed E-state index contributed by atoms with van der Waals surface area (Å²) in [5.41, 5.74) is 6.91. The number of fused-ring (bicyclic) bond motifs is 1. The maximum atomic E-state index is 12.5. The van der Waals surface area contributed by atoms with Crippen molar-refractivity contribution in [3.05, 3.63) is 60.2 Å². The Bertz CT molecular complexity index is 1270. The monoisotopic (exact) mass is 415 g/mol. The number of amides is 1. The van der Waals surface area contributed by atoms with Crippen LogP contribution in [0, 0.1) is 6.92 Å². The van der Waals surface area contributed by atoms with Crippen LogP contribution < -0.4 is 5.32 Å². The molecule has 1 aliphatic rings. The van der Waals surface area contributed by atoms with Gasteiger partial charge in [-0.2, -0.15) is 10.2 Å². The van der Waals surface area contributed by atoms with E-state index in [4.69, 9.17) is 4.98 Å². The van der Waals surface area contributed by atoms with Gasteiger partial charge in [0.25, 0.3) is 0 Å². The third-order valence-corrected chi connectivity index (χ3v) is 5.88. The first kappa shape index (κ1) is 19.4. The molecule has 3 aromatic heterocycles. The fraction of sp³-hybridized carbons (Fsp3) is 0.304. The van der Waals surface area contributed by atoms with E-state index in [0.717, 1.165) is 52.2 Å². The van der Waals surface area contributed by atoms with E-state index < -0.39 is 0 Å². The predicted molar refractivity (Wildman–Crippen MR) is 118 cm³/mol. The van der Waals surface area contributed by atoms with Crippen molar-refractivity contribution in [3.63, 3.8) is 0 Å². The maximum absolute atomic E-state index is 12.5. The summed E-state index contributed by atoms with van der Waals surface area (Å²) in [6, 6.07) is 8.19. The van der Waals surface area contributed by atoms with Gasteiger partial charge in [-0.05, 0) is 37.1 Å². The van der Waals surface area contributed by atoms with E-state index in [0.29, 0.717) is 6.54 Å². The van der Waals surface area contributed by atoms with Gasteiger partial charge in [0.1, 0.15) is 0 Å². The Labute approximate surface area is 180 Å². The van der Waals surface area contributed by atoms with Crippen molar-refractivity contribution in [1.29, 1.82) is 0 Å². The number of hydrogen-bond donors (Lipinski definition) is 1. The highest BCUT2D eigenvalue weighted by Gasteiger charge is 2.25. The third kappa shape index (κ3) is 3.59. The van der Waals surface area contributed by atoms with Crippen molar-refractivity contribution < 1.29 is 4.79 Å². The van der Waals surface area contributed by atoms with Gasteiger partial charge in [-0.15, -0.1) is 0 Å². The second-order valence-corrected chi connectivity index (χ2v) is 8.12. The second kappa shape index (κ2) is 7.63. The first-order chi connectivity index (χ1) is 15.0. The van der Waals surface area contributed by atoms with Gasteiger partial charge in [0, 0.05) is 44.0 Å². The number of aryl methyl sites for hydroxylation is 2. The summed E-state index contributed by atoms with van der Waals surface area (Å²) in [5, 5.41) is 11.9. The van der Waals surface area contributed by atoms with Gasteiger partial charge >= 0.3 is 0 Å². The zero-order valence-corrected chi connectivity index (χ0v) is 17.9. The van der Waals surface area contributed by atoms with Gasteiger partial charge in [0.15, 0.2) is 0 Å². The molecule has 0 spiro atoms. The van der Waals surface area contributed by atoms with E-state index in [1.165, 1.54) is 0 Å². The first-order valence-electron chi connectivity index (χ1n) is 10.4. The van der Waals surface area contributed by atoms with E-state index >= 15 is 0 Å².